The molecule has 0 aromatic heterocycles. The second kappa shape index (κ2) is 5.18. The van der Waals surface area contributed by atoms with E-state index in [2.05, 4.69) is 9.46 Å². The molecule has 1 aromatic carbocycles. The first-order valence-corrected chi connectivity index (χ1v) is 6.64. The van der Waals surface area contributed by atoms with Gasteiger partial charge in [-0.2, -0.15) is 0 Å². The molecule has 0 bridgehead atoms. The van der Waals surface area contributed by atoms with Gasteiger partial charge in [-0.05, 0) is 25.0 Å². The molecule has 0 aliphatic rings. The van der Waals surface area contributed by atoms with Gasteiger partial charge in [-0.25, -0.2) is 8.42 Å². The van der Waals surface area contributed by atoms with Crippen molar-refractivity contribution in [1.82, 2.24) is 0 Å². The van der Waals surface area contributed by atoms with Crippen molar-refractivity contribution >= 4 is 21.7 Å². The molecular formula is C11H15NO4S. The summed E-state index contributed by atoms with van der Waals surface area (Å²) in [6, 6.07) is 5.43. The molecule has 94 valence electrons. The summed E-state index contributed by atoms with van der Waals surface area (Å²) < 4.78 is 30.0. The minimum absolute atomic E-state index is 0.511. The van der Waals surface area contributed by atoms with Gasteiger partial charge in [0.25, 0.3) is 0 Å². The van der Waals surface area contributed by atoms with E-state index in [0.29, 0.717) is 5.69 Å². The van der Waals surface area contributed by atoms with Crippen LogP contribution in [-0.4, -0.2) is 27.2 Å². The van der Waals surface area contributed by atoms with Crippen molar-refractivity contribution < 1.29 is 17.9 Å². The summed E-state index contributed by atoms with van der Waals surface area (Å²) in [7, 11) is -2.57. The topological polar surface area (TPSA) is 72.5 Å². The van der Waals surface area contributed by atoms with Crippen LogP contribution in [0.1, 0.15) is 11.1 Å². The van der Waals surface area contributed by atoms with Gasteiger partial charge in [0, 0.05) is 0 Å². The largest absolute Gasteiger partial charge is 0.468 e. The van der Waals surface area contributed by atoms with Crippen LogP contribution in [0.4, 0.5) is 5.69 Å². The van der Waals surface area contributed by atoms with Gasteiger partial charge in [0.05, 0.1) is 12.8 Å². The first kappa shape index (κ1) is 13.5. The van der Waals surface area contributed by atoms with E-state index in [-0.39, 0.29) is 0 Å². The van der Waals surface area contributed by atoms with Gasteiger partial charge in [0.1, 0.15) is 0 Å². The summed E-state index contributed by atoms with van der Waals surface area (Å²) in [5, 5.41) is 0. The quantitative estimate of drug-likeness (QED) is 0.823. The Hall–Kier alpha value is -1.56. The van der Waals surface area contributed by atoms with E-state index < -0.39 is 21.7 Å². The summed E-state index contributed by atoms with van der Waals surface area (Å²) in [6.45, 7) is 3.59. The van der Waals surface area contributed by atoms with Crippen molar-refractivity contribution in [2.24, 2.45) is 0 Å². The SMILES string of the molecule is COC(=O)CS(=O)(=O)Nc1c(C)cccc1C. The molecular weight excluding hydrogens is 242 g/mol. The second-order valence-electron chi connectivity index (χ2n) is 3.70. The lowest BCUT2D eigenvalue weighted by Gasteiger charge is -2.12. The fraction of sp³-hybridized carbons (Fsp3) is 0.364. The van der Waals surface area contributed by atoms with Gasteiger partial charge in [0.15, 0.2) is 5.75 Å². The average Bonchev–Trinajstić information content (AvgIpc) is 2.23. The molecule has 5 nitrogen and oxygen atoms in total. The monoisotopic (exact) mass is 257 g/mol. The zero-order chi connectivity index (χ0) is 13.1. The lowest BCUT2D eigenvalue weighted by molar-refractivity contribution is -0.137. The molecule has 0 saturated carbocycles. The van der Waals surface area contributed by atoms with Crippen LogP contribution in [0, 0.1) is 13.8 Å². The van der Waals surface area contributed by atoms with Crippen LogP contribution in [-0.2, 0) is 19.6 Å². The number of aryl methyl sites for hydroxylation is 2. The number of carbonyl (C=O) groups is 1. The van der Waals surface area contributed by atoms with Crippen molar-refractivity contribution in [3.63, 3.8) is 0 Å². The van der Waals surface area contributed by atoms with Crippen LogP contribution in [0.25, 0.3) is 0 Å². The lowest BCUT2D eigenvalue weighted by Crippen LogP contribution is -2.24. The van der Waals surface area contributed by atoms with Crippen molar-refractivity contribution in [1.29, 1.82) is 0 Å². The number of ether oxygens (including phenoxy) is 1. The first-order valence-electron chi connectivity index (χ1n) is 4.99. The number of methoxy groups -OCH3 is 1. The molecule has 0 atom stereocenters. The molecule has 0 radical (unpaired) electrons. The van der Waals surface area contributed by atoms with Crippen LogP contribution < -0.4 is 4.72 Å². The highest BCUT2D eigenvalue weighted by Gasteiger charge is 2.18. The maximum Gasteiger partial charge on any atom is 0.322 e. The molecule has 0 saturated heterocycles. The summed E-state index contributed by atoms with van der Waals surface area (Å²) in [5.74, 6) is -1.47. The predicted octanol–water partition coefficient (Wildman–Crippen LogP) is 1.22. The highest BCUT2D eigenvalue weighted by atomic mass is 32.2. The number of sulfonamides is 1. The van der Waals surface area contributed by atoms with Gasteiger partial charge in [-0.1, -0.05) is 18.2 Å². The van der Waals surface area contributed by atoms with Crippen molar-refractivity contribution in [3.8, 4) is 0 Å². The predicted molar refractivity (Wildman–Crippen MR) is 65.3 cm³/mol. The molecule has 0 fully saturated rings. The Kier molecular flexibility index (Phi) is 4.11. The summed E-state index contributed by atoms with van der Waals surface area (Å²) in [5.41, 5.74) is 2.12. The Morgan fingerprint density at radius 1 is 1.29 bits per heavy atom. The zero-order valence-corrected chi connectivity index (χ0v) is 10.8. The van der Waals surface area contributed by atoms with Crippen LogP contribution in [0.3, 0.4) is 0 Å². The molecule has 17 heavy (non-hydrogen) atoms. The molecule has 1 aromatic rings. The number of rotatable bonds is 4. The molecule has 1 N–H and O–H groups in total. The molecule has 0 aliphatic carbocycles. The third-order valence-corrected chi connectivity index (χ3v) is 3.41. The fourth-order valence-electron chi connectivity index (χ4n) is 1.38. The van der Waals surface area contributed by atoms with E-state index >= 15 is 0 Å². The van der Waals surface area contributed by atoms with E-state index in [9.17, 15) is 13.2 Å². The Balaban J connectivity index is 2.95. The van der Waals surface area contributed by atoms with Crippen LogP contribution in [0.5, 0.6) is 0 Å². The van der Waals surface area contributed by atoms with E-state index in [1.165, 1.54) is 0 Å². The maximum absolute atomic E-state index is 11.7. The zero-order valence-electron chi connectivity index (χ0n) is 9.98. The molecule has 0 spiro atoms. The number of carbonyl (C=O) groups excluding carboxylic acids is 1. The third kappa shape index (κ3) is 3.74. The van der Waals surface area contributed by atoms with Gasteiger partial charge in [-0.3, -0.25) is 9.52 Å². The molecule has 1 rings (SSSR count). The Morgan fingerprint density at radius 2 is 1.82 bits per heavy atom. The summed E-state index contributed by atoms with van der Waals surface area (Å²) in [4.78, 5) is 10.9. The molecule has 0 amide bonds. The number of para-hydroxylation sites is 1. The Morgan fingerprint density at radius 3 is 2.29 bits per heavy atom. The molecule has 0 unspecified atom stereocenters. The molecule has 0 aliphatic heterocycles. The Bertz CT molecular complexity index is 502. The van der Waals surface area contributed by atoms with E-state index in [4.69, 9.17) is 0 Å². The smallest absolute Gasteiger partial charge is 0.322 e. The first-order chi connectivity index (χ1) is 7.85. The normalized spacial score (nSPS) is 11.0. The van der Waals surface area contributed by atoms with E-state index in [0.717, 1.165) is 18.2 Å². The van der Waals surface area contributed by atoms with Crippen molar-refractivity contribution in [2.75, 3.05) is 17.6 Å². The summed E-state index contributed by atoms with van der Waals surface area (Å²) in [6.07, 6.45) is 0. The lowest BCUT2D eigenvalue weighted by atomic mass is 10.1. The number of hydrogen-bond donors (Lipinski definition) is 1. The Labute approximate surface area is 101 Å². The number of benzene rings is 1. The third-order valence-electron chi connectivity index (χ3n) is 2.27. The molecule has 6 heteroatoms. The second-order valence-corrected chi connectivity index (χ2v) is 5.43. The van der Waals surface area contributed by atoms with E-state index in [1.807, 2.05) is 6.07 Å². The number of nitrogens with one attached hydrogen (secondary N) is 1. The summed E-state index contributed by atoms with van der Waals surface area (Å²) >= 11 is 0. The standard InChI is InChI=1S/C11H15NO4S/c1-8-5-4-6-9(2)11(8)12-17(14,15)7-10(13)16-3/h4-6,12H,7H2,1-3H3. The van der Waals surface area contributed by atoms with Crippen LogP contribution >= 0.6 is 0 Å². The maximum atomic E-state index is 11.7. The average molecular weight is 257 g/mol. The van der Waals surface area contributed by atoms with Gasteiger partial charge in [-0.15, -0.1) is 0 Å². The minimum atomic E-state index is -3.72. The van der Waals surface area contributed by atoms with Crippen molar-refractivity contribution in [2.45, 2.75) is 13.8 Å². The van der Waals surface area contributed by atoms with Gasteiger partial charge < -0.3 is 4.74 Å². The highest BCUT2D eigenvalue weighted by molar-refractivity contribution is 7.93. The minimum Gasteiger partial charge on any atom is -0.468 e. The highest BCUT2D eigenvalue weighted by Crippen LogP contribution is 2.20. The van der Waals surface area contributed by atoms with Crippen LogP contribution in [0.2, 0.25) is 0 Å². The van der Waals surface area contributed by atoms with Crippen LogP contribution in [0.15, 0.2) is 18.2 Å². The molecule has 0 heterocycles. The number of esters is 1. The van der Waals surface area contributed by atoms with E-state index in [1.54, 1.807) is 26.0 Å². The van der Waals surface area contributed by atoms with Gasteiger partial charge >= 0.3 is 5.97 Å². The van der Waals surface area contributed by atoms with Gasteiger partial charge in [0.2, 0.25) is 10.0 Å². The van der Waals surface area contributed by atoms with Crippen molar-refractivity contribution in [3.05, 3.63) is 29.3 Å². The fourth-order valence-corrected chi connectivity index (χ4v) is 2.51. The number of anilines is 1. The number of hydrogen-bond acceptors (Lipinski definition) is 4.